The van der Waals surface area contributed by atoms with Gasteiger partial charge < -0.3 is 9.88 Å². The van der Waals surface area contributed by atoms with Crippen LogP contribution in [0, 0.1) is 11.7 Å². The molecule has 20 heavy (non-hydrogen) atoms. The molecule has 1 aromatic heterocycles. The molecule has 0 atom stereocenters. The van der Waals surface area contributed by atoms with Crippen molar-refractivity contribution in [2.24, 2.45) is 5.92 Å². The van der Waals surface area contributed by atoms with Crippen molar-refractivity contribution in [3.63, 3.8) is 0 Å². The van der Waals surface area contributed by atoms with Gasteiger partial charge in [0.1, 0.15) is 5.82 Å². The third-order valence-electron chi connectivity index (χ3n) is 4.32. The van der Waals surface area contributed by atoms with Crippen LogP contribution in [0.2, 0.25) is 0 Å². The standard InChI is InChI=1S/C17H23FN2/c1-12(2)20(11-13-3-4-13)8-7-14-10-19-17-6-5-15(18)9-16(14)17/h5-6,9-10,12-13,19H,3-4,7-8,11H2,1-2H3. The lowest BCUT2D eigenvalue weighted by Gasteiger charge is -2.26. The first-order chi connectivity index (χ1) is 9.63. The number of hydrogen-bond donors (Lipinski definition) is 1. The third-order valence-corrected chi connectivity index (χ3v) is 4.32. The molecule has 0 radical (unpaired) electrons. The largest absolute Gasteiger partial charge is 0.361 e. The highest BCUT2D eigenvalue weighted by Crippen LogP contribution is 2.30. The molecule has 0 amide bonds. The van der Waals surface area contributed by atoms with Crippen molar-refractivity contribution in [2.45, 2.75) is 39.2 Å². The van der Waals surface area contributed by atoms with E-state index in [1.54, 1.807) is 6.07 Å². The number of nitrogens with one attached hydrogen (secondary N) is 1. The minimum Gasteiger partial charge on any atom is -0.361 e. The van der Waals surface area contributed by atoms with E-state index in [4.69, 9.17) is 0 Å². The van der Waals surface area contributed by atoms with Gasteiger partial charge in [0.2, 0.25) is 0 Å². The molecular formula is C17H23FN2. The number of aromatic nitrogens is 1. The fourth-order valence-corrected chi connectivity index (χ4v) is 2.81. The quantitative estimate of drug-likeness (QED) is 0.844. The second-order valence-corrected chi connectivity index (χ2v) is 6.29. The first-order valence-corrected chi connectivity index (χ1v) is 7.63. The Kier molecular flexibility index (Phi) is 3.79. The van der Waals surface area contributed by atoms with E-state index < -0.39 is 0 Å². The van der Waals surface area contributed by atoms with E-state index >= 15 is 0 Å². The van der Waals surface area contributed by atoms with Crippen LogP contribution >= 0.6 is 0 Å². The zero-order valence-electron chi connectivity index (χ0n) is 12.3. The lowest BCUT2D eigenvalue weighted by atomic mass is 10.1. The van der Waals surface area contributed by atoms with Crippen LogP contribution in [-0.2, 0) is 6.42 Å². The summed E-state index contributed by atoms with van der Waals surface area (Å²) in [6.07, 6.45) is 5.79. The number of halogens is 1. The molecule has 1 heterocycles. The highest BCUT2D eigenvalue weighted by Gasteiger charge is 2.25. The smallest absolute Gasteiger partial charge is 0.123 e. The van der Waals surface area contributed by atoms with Gasteiger partial charge in [-0.05, 0) is 62.8 Å². The van der Waals surface area contributed by atoms with Gasteiger partial charge in [-0.3, -0.25) is 0 Å². The number of benzene rings is 1. The summed E-state index contributed by atoms with van der Waals surface area (Å²) < 4.78 is 13.4. The maximum Gasteiger partial charge on any atom is 0.123 e. The Balaban J connectivity index is 1.70. The summed E-state index contributed by atoms with van der Waals surface area (Å²) in [7, 11) is 0. The highest BCUT2D eigenvalue weighted by atomic mass is 19.1. The second-order valence-electron chi connectivity index (χ2n) is 6.29. The number of hydrogen-bond acceptors (Lipinski definition) is 1. The maximum absolute atomic E-state index is 13.4. The van der Waals surface area contributed by atoms with Gasteiger partial charge in [-0.2, -0.15) is 0 Å². The van der Waals surface area contributed by atoms with E-state index in [1.807, 2.05) is 12.3 Å². The fourth-order valence-electron chi connectivity index (χ4n) is 2.81. The molecule has 2 nitrogen and oxygen atoms in total. The predicted octanol–water partition coefficient (Wildman–Crippen LogP) is 3.97. The Morgan fingerprint density at radius 3 is 2.85 bits per heavy atom. The Bertz CT molecular complexity index is 584. The molecule has 0 saturated heterocycles. The Morgan fingerprint density at radius 1 is 1.35 bits per heavy atom. The molecule has 0 unspecified atom stereocenters. The third kappa shape index (κ3) is 3.04. The van der Waals surface area contributed by atoms with Crippen molar-refractivity contribution < 1.29 is 4.39 Å². The summed E-state index contributed by atoms with van der Waals surface area (Å²) in [5, 5.41) is 1.03. The van der Waals surface area contributed by atoms with Gasteiger partial charge in [0, 0.05) is 36.2 Å². The van der Waals surface area contributed by atoms with Gasteiger partial charge in [0.15, 0.2) is 0 Å². The molecule has 3 heteroatoms. The van der Waals surface area contributed by atoms with Gasteiger partial charge in [-0.25, -0.2) is 4.39 Å². The monoisotopic (exact) mass is 274 g/mol. The van der Waals surface area contributed by atoms with Crippen LogP contribution in [0.15, 0.2) is 24.4 Å². The van der Waals surface area contributed by atoms with Crippen LogP contribution in [0.4, 0.5) is 4.39 Å². The molecule has 3 rings (SSSR count). The number of rotatable bonds is 6. The molecule has 2 aromatic rings. The van der Waals surface area contributed by atoms with Crippen LogP contribution < -0.4 is 0 Å². The van der Waals surface area contributed by atoms with E-state index in [1.165, 1.54) is 31.0 Å². The molecule has 1 fully saturated rings. The van der Waals surface area contributed by atoms with Crippen molar-refractivity contribution in [1.82, 2.24) is 9.88 Å². The summed E-state index contributed by atoms with van der Waals surface area (Å²) >= 11 is 0. The predicted molar refractivity (Wildman–Crippen MR) is 81.4 cm³/mol. The van der Waals surface area contributed by atoms with E-state index in [2.05, 4.69) is 23.7 Å². The van der Waals surface area contributed by atoms with Crippen molar-refractivity contribution in [1.29, 1.82) is 0 Å². The van der Waals surface area contributed by atoms with Gasteiger partial charge in [-0.1, -0.05) is 0 Å². The fraction of sp³-hybridized carbons (Fsp3) is 0.529. The Hall–Kier alpha value is -1.35. The van der Waals surface area contributed by atoms with Crippen LogP contribution in [0.1, 0.15) is 32.3 Å². The molecule has 0 spiro atoms. The normalized spacial score (nSPS) is 15.7. The highest BCUT2D eigenvalue weighted by molar-refractivity contribution is 5.83. The molecule has 1 aromatic carbocycles. The summed E-state index contributed by atoms with van der Waals surface area (Å²) in [5.74, 6) is 0.759. The molecule has 1 aliphatic rings. The average molecular weight is 274 g/mol. The van der Waals surface area contributed by atoms with Gasteiger partial charge in [-0.15, -0.1) is 0 Å². The number of fused-ring (bicyclic) bond motifs is 1. The molecule has 1 N–H and O–H groups in total. The zero-order valence-corrected chi connectivity index (χ0v) is 12.3. The van der Waals surface area contributed by atoms with E-state index in [0.717, 1.165) is 29.8 Å². The minimum atomic E-state index is -0.156. The first kappa shape index (κ1) is 13.6. The number of nitrogens with zero attached hydrogens (tertiary/aromatic N) is 1. The summed E-state index contributed by atoms with van der Waals surface area (Å²) in [5.41, 5.74) is 2.25. The van der Waals surface area contributed by atoms with Crippen LogP contribution in [-0.4, -0.2) is 29.0 Å². The molecular weight excluding hydrogens is 251 g/mol. The van der Waals surface area contributed by atoms with Crippen molar-refractivity contribution >= 4 is 10.9 Å². The lowest BCUT2D eigenvalue weighted by Crippen LogP contribution is -2.34. The molecule has 1 aliphatic carbocycles. The van der Waals surface area contributed by atoms with Gasteiger partial charge in [0.05, 0.1) is 0 Å². The number of aromatic amines is 1. The Labute approximate surface area is 120 Å². The summed E-state index contributed by atoms with van der Waals surface area (Å²) in [6.45, 7) is 6.79. The first-order valence-electron chi connectivity index (χ1n) is 7.63. The van der Waals surface area contributed by atoms with Crippen molar-refractivity contribution in [3.05, 3.63) is 35.8 Å². The topological polar surface area (TPSA) is 19.0 Å². The summed E-state index contributed by atoms with van der Waals surface area (Å²) in [4.78, 5) is 5.79. The van der Waals surface area contributed by atoms with Crippen LogP contribution in [0.25, 0.3) is 10.9 Å². The maximum atomic E-state index is 13.4. The van der Waals surface area contributed by atoms with E-state index in [9.17, 15) is 4.39 Å². The van der Waals surface area contributed by atoms with Crippen LogP contribution in [0.5, 0.6) is 0 Å². The molecule has 0 bridgehead atoms. The van der Waals surface area contributed by atoms with E-state index in [0.29, 0.717) is 6.04 Å². The molecule has 1 saturated carbocycles. The van der Waals surface area contributed by atoms with E-state index in [-0.39, 0.29) is 5.82 Å². The number of H-pyrrole nitrogens is 1. The van der Waals surface area contributed by atoms with Crippen molar-refractivity contribution in [3.8, 4) is 0 Å². The van der Waals surface area contributed by atoms with Crippen molar-refractivity contribution in [2.75, 3.05) is 13.1 Å². The second kappa shape index (κ2) is 5.57. The summed E-state index contributed by atoms with van der Waals surface area (Å²) in [6, 6.07) is 5.55. The van der Waals surface area contributed by atoms with Gasteiger partial charge in [0.25, 0.3) is 0 Å². The average Bonchev–Trinajstić information content (AvgIpc) is 3.15. The lowest BCUT2D eigenvalue weighted by molar-refractivity contribution is 0.215. The molecule has 108 valence electrons. The Morgan fingerprint density at radius 2 is 2.15 bits per heavy atom. The minimum absolute atomic E-state index is 0.156. The molecule has 0 aliphatic heterocycles. The zero-order chi connectivity index (χ0) is 14.1. The van der Waals surface area contributed by atoms with Gasteiger partial charge >= 0.3 is 0 Å². The SMILES string of the molecule is CC(C)N(CCc1c[nH]c2ccc(F)cc12)CC1CC1. The van der Waals surface area contributed by atoms with Crippen LogP contribution in [0.3, 0.4) is 0 Å².